The highest BCUT2D eigenvalue weighted by atomic mass is 32.1. The molecule has 0 saturated carbocycles. The molecule has 0 aromatic heterocycles. The number of guanidine groups is 1. The molecule has 0 aliphatic rings. The summed E-state index contributed by atoms with van der Waals surface area (Å²) in [6.45, 7) is -0.0473. The molecule has 0 spiro atoms. The molecule has 0 aliphatic carbocycles. The molecule has 0 unspecified atom stereocenters. The summed E-state index contributed by atoms with van der Waals surface area (Å²) in [7, 11) is 0. The second kappa shape index (κ2) is 17.9. The summed E-state index contributed by atoms with van der Waals surface area (Å²) in [6, 6.07) is 1.68. The van der Waals surface area contributed by atoms with Gasteiger partial charge in [0.2, 0.25) is 23.6 Å². The molecule has 0 heterocycles. The molecule has 0 saturated heterocycles. The maximum Gasteiger partial charge on any atom is 0.244 e. The van der Waals surface area contributed by atoms with Crippen LogP contribution in [-0.2, 0) is 30.4 Å². The molecule has 4 atom stereocenters. The molecule has 11 N–H and O–H groups in total. The Morgan fingerprint density at radius 2 is 1.49 bits per heavy atom. The maximum absolute atomic E-state index is 13.2. The first-order valence-electron chi connectivity index (χ1n) is 11.9. The standard InChI is InChI=1S/C23H36N8O6S2/c24-15(11-38)19(34)30-17(10-13-3-5-14(33)6-4-13)21(36)31-18(12-39)22(37)29-16(20(35)27-8-9-32)2-1-7-28-23(25)26/h3-6,9,15-18,33,38-39H,1-2,7-8,10-12,24H2,(H,27,35)(H,29,37)(H,30,34)(H,31,36)(H4,25,26,28)/t15-,16-,17-,18-/m0/s1. The maximum atomic E-state index is 13.2. The van der Waals surface area contributed by atoms with E-state index in [-0.39, 0.29) is 49.1 Å². The van der Waals surface area contributed by atoms with E-state index in [2.05, 4.69) is 51.5 Å². The van der Waals surface area contributed by atoms with Crippen molar-refractivity contribution in [1.82, 2.24) is 21.3 Å². The lowest BCUT2D eigenvalue weighted by molar-refractivity contribution is -0.133. The number of thiol groups is 2. The van der Waals surface area contributed by atoms with Gasteiger partial charge in [0.1, 0.15) is 30.2 Å². The van der Waals surface area contributed by atoms with Crippen LogP contribution < -0.4 is 38.5 Å². The number of aromatic hydroxyl groups is 1. The zero-order valence-corrected chi connectivity index (χ0v) is 23.0. The smallest absolute Gasteiger partial charge is 0.244 e. The van der Waals surface area contributed by atoms with Crippen molar-refractivity contribution in [2.45, 2.75) is 43.4 Å². The number of phenolic OH excluding ortho intramolecular Hbond substituents is 1. The Morgan fingerprint density at radius 3 is 2.05 bits per heavy atom. The van der Waals surface area contributed by atoms with Gasteiger partial charge in [0, 0.05) is 24.5 Å². The van der Waals surface area contributed by atoms with Crippen LogP contribution in [0.25, 0.3) is 0 Å². The summed E-state index contributed by atoms with van der Waals surface area (Å²) in [5, 5.41) is 19.5. The van der Waals surface area contributed by atoms with Gasteiger partial charge < -0.3 is 48.4 Å². The lowest BCUT2D eigenvalue weighted by Crippen LogP contribution is -2.59. The predicted octanol–water partition coefficient (Wildman–Crippen LogP) is -3.06. The SMILES string of the molecule is NC(N)=NCCC[C@H](NC(=O)[C@H](CS)NC(=O)[C@H](Cc1ccc(O)cc1)NC(=O)[C@@H](N)CS)C(=O)NCC=O. The lowest BCUT2D eigenvalue weighted by atomic mass is 10.0. The Bertz CT molecular complexity index is 1010. The first kappa shape index (κ1) is 33.5. The van der Waals surface area contributed by atoms with E-state index in [0.717, 1.165) is 0 Å². The third-order valence-corrected chi connectivity index (χ3v) is 6.05. The van der Waals surface area contributed by atoms with E-state index in [0.29, 0.717) is 18.3 Å². The molecule has 0 radical (unpaired) electrons. The summed E-state index contributed by atoms with van der Waals surface area (Å²) in [4.78, 5) is 65.5. The van der Waals surface area contributed by atoms with Crippen LogP contribution in [0.5, 0.6) is 5.75 Å². The number of hydrogen-bond donors (Lipinski definition) is 10. The van der Waals surface area contributed by atoms with E-state index in [1.165, 1.54) is 12.1 Å². The molecular weight excluding hydrogens is 548 g/mol. The molecule has 14 nitrogen and oxygen atoms in total. The van der Waals surface area contributed by atoms with Crippen molar-refractivity contribution < 1.29 is 29.1 Å². The number of nitrogens with two attached hydrogens (primary N) is 3. The van der Waals surface area contributed by atoms with Crippen LogP contribution in [0.2, 0.25) is 0 Å². The van der Waals surface area contributed by atoms with Gasteiger partial charge in [-0.1, -0.05) is 12.1 Å². The number of benzene rings is 1. The van der Waals surface area contributed by atoms with Crippen LogP contribution in [0.15, 0.2) is 29.3 Å². The number of nitrogens with one attached hydrogen (secondary N) is 4. The predicted molar refractivity (Wildman–Crippen MR) is 152 cm³/mol. The number of rotatable bonds is 17. The zero-order valence-electron chi connectivity index (χ0n) is 21.2. The second-order valence-electron chi connectivity index (χ2n) is 8.39. The normalized spacial score (nSPS) is 13.6. The first-order chi connectivity index (χ1) is 18.5. The third kappa shape index (κ3) is 12.7. The molecule has 1 aromatic rings. The topological polar surface area (TPSA) is 244 Å². The molecule has 39 heavy (non-hydrogen) atoms. The largest absolute Gasteiger partial charge is 0.508 e. The monoisotopic (exact) mass is 584 g/mol. The molecule has 16 heteroatoms. The number of phenols is 1. The molecule has 0 bridgehead atoms. The van der Waals surface area contributed by atoms with Crippen molar-refractivity contribution in [3.63, 3.8) is 0 Å². The average Bonchev–Trinajstić information content (AvgIpc) is 2.91. The van der Waals surface area contributed by atoms with Crippen molar-refractivity contribution in [1.29, 1.82) is 0 Å². The van der Waals surface area contributed by atoms with Crippen molar-refractivity contribution in [2.24, 2.45) is 22.2 Å². The van der Waals surface area contributed by atoms with Crippen molar-refractivity contribution >= 4 is 61.1 Å². The summed E-state index contributed by atoms with van der Waals surface area (Å²) < 4.78 is 0. The number of aldehydes is 1. The number of nitrogens with zero attached hydrogens (tertiary/aromatic N) is 1. The molecule has 4 amide bonds. The summed E-state index contributed by atoms with van der Waals surface area (Å²) >= 11 is 8.15. The van der Waals surface area contributed by atoms with Gasteiger partial charge in [0.05, 0.1) is 12.6 Å². The quantitative estimate of drug-likeness (QED) is 0.0293. The minimum Gasteiger partial charge on any atom is -0.508 e. The highest BCUT2D eigenvalue weighted by Crippen LogP contribution is 2.12. The second-order valence-corrected chi connectivity index (χ2v) is 9.12. The third-order valence-electron chi connectivity index (χ3n) is 5.30. The van der Waals surface area contributed by atoms with Gasteiger partial charge in [-0.15, -0.1) is 0 Å². The van der Waals surface area contributed by atoms with Crippen LogP contribution in [0, 0.1) is 0 Å². The molecule has 0 fully saturated rings. The van der Waals surface area contributed by atoms with Gasteiger partial charge in [-0.25, -0.2) is 0 Å². The number of amides is 4. The van der Waals surface area contributed by atoms with Crippen molar-refractivity contribution in [2.75, 3.05) is 24.6 Å². The number of aliphatic imine (C=N–C) groups is 1. The van der Waals surface area contributed by atoms with Crippen molar-refractivity contribution in [3.05, 3.63) is 29.8 Å². The van der Waals surface area contributed by atoms with E-state index >= 15 is 0 Å². The van der Waals surface area contributed by atoms with Gasteiger partial charge in [-0.3, -0.25) is 24.2 Å². The van der Waals surface area contributed by atoms with Crippen LogP contribution in [0.3, 0.4) is 0 Å². The van der Waals surface area contributed by atoms with Crippen LogP contribution in [-0.4, -0.2) is 89.7 Å². The summed E-state index contributed by atoms with van der Waals surface area (Å²) in [5.74, 6) is -2.84. The van der Waals surface area contributed by atoms with Gasteiger partial charge >= 0.3 is 0 Å². The van der Waals surface area contributed by atoms with E-state index in [4.69, 9.17) is 17.2 Å². The molecule has 0 aliphatic heterocycles. The van der Waals surface area contributed by atoms with Gasteiger partial charge in [0.25, 0.3) is 0 Å². The summed E-state index contributed by atoms with van der Waals surface area (Å²) in [6.07, 6.45) is 0.998. The number of carbonyl (C=O) groups excluding carboxylic acids is 5. The van der Waals surface area contributed by atoms with E-state index < -0.39 is 47.8 Å². The molecule has 1 aromatic carbocycles. The fourth-order valence-corrected chi connectivity index (χ4v) is 3.64. The van der Waals surface area contributed by atoms with Gasteiger partial charge in [-0.05, 0) is 30.5 Å². The number of carbonyl (C=O) groups is 5. The zero-order chi connectivity index (χ0) is 29.4. The van der Waals surface area contributed by atoms with E-state index in [1.54, 1.807) is 12.1 Å². The molecule has 216 valence electrons. The Hall–Kier alpha value is -3.50. The summed E-state index contributed by atoms with van der Waals surface area (Å²) in [5.41, 5.74) is 16.9. The number of hydrogen-bond acceptors (Lipinski definition) is 10. The Labute approximate surface area is 237 Å². The van der Waals surface area contributed by atoms with Crippen LogP contribution in [0.1, 0.15) is 18.4 Å². The van der Waals surface area contributed by atoms with Crippen LogP contribution >= 0.6 is 25.3 Å². The van der Waals surface area contributed by atoms with E-state index in [1.807, 2.05) is 0 Å². The molecule has 1 rings (SSSR count). The fraction of sp³-hybridized carbons (Fsp3) is 0.478. The minimum absolute atomic E-state index is 0.0257. The van der Waals surface area contributed by atoms with Crippen molar-refractivity contribution in [3.8, 4) is 5.75 Å². The Balaban J connectivity index is 3.01. The average molecular weight is 585 g/mol. The highest BCUT2D eigenvalue weighted by Gasteiger charge is 2.29. The molecular formula is C23H36N8O6S2. The van der Waals surface area contributed by atoms with Gasteiger partial charge in [0.15, 0.2) is 5.96 Å². The Morgan fingerprint density at radius 1 is 0.897 bits per heavy atom. The van der Waals surface area contributed by atoms with Crippen LogP contribution in [0.4, 0.5) is 0 Å². The first-order valence-corrected chi connectivity index (χ1v) is 13.2. The highest BCUT2D eigenvalue weighted by molar-refractivity contribution is 7.80. The lowest BCUT2D eigenvalue weighted by Gasteiger charge is -2.25. The minimum atomic E-state index is -1.18. The Kier molecular flexibility index (Phi) is 15.4. The van der Waals surface area contributed by atoms with Gasteiger partial charge in [-0.2, -0.15) is 25.3 Å². The fourth-order valence-electron chi connectivity index (χ4n) is 3.22. The van der Waals surface area contributed by atoms with E-state index in [9.17, 15) is 29.1 Å².